The third-order valence-corrected chi connectivity index (χ3v) is 4.40. The number of carbonyl (C=O) groups excluding carboxylic acids is 1. The van der Waals surface area contributed by atoms with Crippen LogP contribution in [0.2, 0.25) is 0 Å². The second-order valence-electron chi connectivity index (χ2n) is 5.82. The molecule has 0 amide bonds. The molecule has 110 valence electrons. The molecule has 1 aliphatic heterocycles. The van der Waals surface area contributed by atoms with E-state index in [1.54, 1.807) is 12.1 Å². The van der Waals surface area contributed by atoms with Crippen LogP contribution in [0.3, 0.4) is 0 Å². The predicted molar refractivity (Wildman–Crippen MR) is 79.4 cm³/mol. The molecule has 0 aromatic heterocycles. The average Bonchev–Trinajstić information content (AvgIpc) is 2.48. The minimum atomic E-state index is -0.297. The highest BCUT2D eigenvalue weighted by Crippen LogP contribution is 2.23. The smallest absolute Gasteiger partial charge is 0.179 e. The Kier molecular flexibility index (Phi) is 5.30. The lowest BCUT2D eigenvalue weighted by Gasteiger charge is -2.35. The number of rotatable bonds is 5. The second-order valence-corrected chi connectivity index (χ2v) is 5.82. The topological polar surface area (TPSA) is 20.3 Å². The number of Topliss-reactive ketones (excluding diaryl/α,β-unsaturated/α-hetero) is 1. The number of benzene rings is 1. The summed E-state index contributed by atoms with van der Waals surface area (Å²) in [6.45, 7) is 6.19. The van der Waals surface area contributed by atoms with Gasteiger partial charge in [0.25, 0.3) is 0 Å². The molecule has 0 radical (unpaired) electrons. The van der Waals surface area contributed by atoms with Crippen LogP contribution < -0.4 is 0 Å². The van der Waals surface area contributed by atoms with Gasteiger partial charge in [-0.15, -0.1) is 0 Å². The molecule has 1 aromatic rings. The van der Waals surface area contributed by atoms with Crippen molar-refractivity contribution in [3.05, 3.63) is 35.6 Å². The zero-order valence-electron chi connectivity index (χ0n) is 12.4. The SMILES string of the molecule is CCCC1CCN(C(C)C(=O)c2ccc(F)cc2)CC1. The highest BCUT2D eigenvalue weighted by Gasteiger charge is 2.26. The van der Waals surface area contributed by atoms with Gasteiger partial charge < -0.3 is 0 Å². The van der Waals surface area contributed by atoms with Crippen LogP contribution >= 0.6 is 0 Å². The summed E-state index contributed by atoms with van der Waals surface area (Å²) in [5.41, 5.74) is 0.606. The molecule has 1 atom stereocenters. The van der Waals surface area contributed by atoms with Gasteiger partial charge in [0, 0.05) is 5.56 Å². The number of ketones is 1. The predicted octanol–water partition coefficient (Wildman–Crippen LogP) is 3.91. The number of piperidine rings is 1. The van der Waals surface area contributed by atoms with Crippen LogP contribution in [-0.4, -0.2) is 29.8 Å². The molecule has 0 N–H and O–H groups in total. The Morgan fingerprint density at radius 3 is 2.45 bits per heavy atom. The molecule has 1 aliphatic rings. The van der Waals surface area contributed by atoms with Gasteiger partial charge in [0.05, 0.1) is 6.04 Å². The van der Waals surface area contributed by atoms with E-state index in [2.05, 4.69) is 11.8 Å². The first-order valence-corrected chi connectivity index (χ1v) is 7.65. The van der Waals surface area contributed by atoms with E-state index in [1.807, 2.05) is 6.92 Å². The molecular formula is C17H24FNO. The molecule has 0 bridgehead atoms. The lowest BCUT2D eigenvalue weighted by atomic mass is 9.91. The van der Waals surface area contributed by atoms with Crippen molar-refractivity contribution in [2.45, 2.75) is 45.6 Å². The fourth-order valence-corrected chi connectivity index (χ4v) is 3.06. The standard InChI is InChI=1S/C17H24FNO/c1-3-4-14-9-11-19(12-10-14)13(2)17(20)15-5-7-16(18)8-6-15/h5-8,13-14H,3-4,9-12H2,1-2H3. The van der Waals surface area contributed by atoms with Gasteiger partial charge in [-0.2, -0.15) is 0 Å². The van der Waals surface area contributed by atoms with E-state index in [-0.39, 0.29) is 17.6 Å². The van der Waals surface area contributed by atoms with Crippen LogP contribution in [0.15, 0.2) is 24.3 Å². The average molecular weight is 277 g/mol. The van der Waals surface area contributed by atoms with Gasteiger partial charge in [0.2, 0.25) is 0 Å². The molecule has 2 rings (SSSR count). The summed E-state index contributed by atoms with van der Waals surface area (Å²) in [4.78, 5) is 14.7. The molecule has 20 heavy (non-hydrogen) atoms. The van der Waals surface area contributed by atoms with Crippen molar-refractivity contribution in [3.63, 3.8) is 0 Å². The minimum Gasteiger partial charge on any atom is -0.293 e. The first-order chi connectivity index (χ1) is 9.61. The van der Waals surface area contributed by atoms with Crippen LogP contribution in [-0.2, 0) is 0 Å². The molecule has 0 aliphatic carbocycles. The minimum absolute atomic E-state index is 0.0962. The summed E-state index contributed by atoms with van der Waals surface area (Å²) in [5.74, 6) is 0.623. The van der Waals surface area contributed by atoms with Crippen molar-refractivity contribution < 1.29 is 9.18 Å². The molecule has 1 unspecified atom stereocenters. The quantitative estimate of drug-likeness (QED) is 0.761. The number of nitrogens with zero attached hydrogens (tertiary/aromatic N) is 1. The third-order valence-electron chi connectivity index (χ3n) is 4.40. The summed E-state index contributed by atoms with van der Waals surface area (Å²) < 4.78 is 12.9. The van der Waals surface area contributed by atoms with Gasteiger partial charge in [-0.05, 0) is 63.0 Å². The summed E-state index contributed by atoms with van der Waals surface area (Å²) in [6.07, 6.45) is 4.92. The molecule has 0 saturated carbocycles. The maximum absolute atomic E-state index is 12.9. The van der Waals surface area contributed by atoms with Crippen molar-refractivity contribution in [1.29, 1.82) is 0 Å². The fraction of sp³-hybridized carbons (Fsp3) is 0.588. The van der Waals surface area contributed by atoms with Gasteiger partial charge in [-0.25, -0.2) is 4.39 Å². The van der Waals surface area contributed by atoms with E-state index in [0.29, 0.717) is 5.56 Å². The van der Waals surface area contributed by atoms with Crippen molar-refractivity contribution in [2.75, 3.05) is 13.1 Å². The number of hydrogen-bond donors (Lipinski definition) is 0. The normalized spacial score (nSPS) is 18.9. The van der Waals surface area contributed by atoms with Crippen molar-refractivity contribution >= 4 is 5.78 Å². The van der Waals surface area contributed by atoms with Gasteiger partial charge in [0.1, 0.15) is 5.82 Å². The Morgan fingerprint density at radius 1 is 1.30 bits per heavy atom. The van der Waals surface area contributed by atoms with E-state index >= 15 is 0 Å². The van der Waals surface area contributed by atoms with E-state index in [1.165, 1.54) is 37.8 Å². The first kappa shape index (κ1) is 15.2. The van der Waals surface area contributed by atoms with E-state index in [4.69, 9.17) is 0 Å². The summed E-state index contributed by atoms with van der Waals surface area (Å²) in [6, 6.07) is 5.76. The summed E-state index contributed by atoms with van der Waals surface area (Å²) in [5, 5.41) is 0. The summed E-state index contributed by atoms with van der Waals surface area (Å²) in [7, 11) is 0. The summed E-state index contributed by atoms with van der Waals surface area (Å²) >= 11 is 0. The van der Waals surface area contributed by atoms with Crippen molar-refractivity contribution in [2.24, 2.45) is 5.92 Å². The number of carbonyl (C=O) groups is 1. The monoisotopic (exact) mass is 277 g/mol. The van der Waals surface area contributed by atoms with Crippen LogP contribution in [0.25, 0.3) is 0 Å². The van der Waals surface area contributed by atoms with Crippen LogP contribution in [0.1, 0.15) is 49.9 Å². The largest absolute Gasteiger partial charge is 0.293 e. The Bertz CT molecular complexity index is 435. The second kappa shape index (κ2) is 6.98. The lowest BCUT2D eigenvalue weighted by Crippen LogP contribution is -2.44. The maximum Gasteiger partial charge on any atom is 0.179 e. The zero-order chi connectivity index (χ0) is 14.5. The Hall–Kier alpha value is -1.22. The van der Waals surface area contributed by atoms with Gasteiger partial charge in [0.15, 0.2) is 5.78 Å². The molecule has 0 spiro atoms. The first-order valence-electron chi connectivity index (χ1n) is 7.65. The van der Waals surface area contributed by atoms with Crippen LogP contribution in [0, 0.1) is 11.7 Å². The van der Waals surface area contributed by atoms with Gasteiger partial charge in [-0.3, -0.25) is 9.69 Å². The van der Waals surface area contributed by atoms with E-state index in [0.717, 1.165) is 19.0 Å². The molecule has 1 saturated heterocycles. The Morgan fingerprint density at radius 2 is 1.90 bits per heavy atom. The lowest BCUT2D eigenvalue weighted by molar-refractivity contribution is 0.0766. The molecule has 3 heteroatoms. The van der Waals surface area contributed by atoms with E-state index < -0.39 is 0 Å². The highest BCUT2D eigenvalue weighted by molar-refractivity contribution is 5.99. The third kappa shape index (κ3) is 3.66. The van der Waals surface area contributed by atoms with Gasteiger partial charge >= 0.3 is 0 Å². The highest BCUT2D eigenvalue weighted by atomic mass is 19.1. The molecular weight excluding hydrogens is 253 g/mol. The molecule has 1 fully saturated rings. The van der Waals surface area contributed by atoms with E-state index in [9.17, 15) is 9.18 Å². The maximum atomic E-state index is 12.9. The Labute approximate surface area is 121 Å². The number of likely N-dealkylation sites (tertiary alicyclic amines) is 1. The number of hydrogen-bond acceptors (Lipinski definition) is 2. The molecule has 1 aromatic carbocycles. The van der Waals surface area contributed by atoms with Crippen LogP contribution in [0.5, 0.6) is 0 Å². The van der Waals surface area contributed by atoms with Crippen LogP contribution in [0.4, 0.5) is 4.39 Å². The Balaban J connectivity index is 1.93. The zero-order valence-corrected chi connectivity index (χ0v) is 12.4. The van der Waals surface area contributed by atoms with Gasteiger partial charge in [-0.1, -0.05) is 19.8 Å². The molecule has 2 nitrogen and oxygen atoms in total. The fourth-order valence-electron chi connectivity index (χ4n) is 3.06. The van der Waals surface area contributed by atoms with Crippen molar-refractivity contribution in [3.8, 4) is 0 Å². The molecule has 1 heterocycles. The number of halogens is 1. The van der Waals surface area contributed by atoms with Crippen molar-refractivity contribution in [1.82, 2.24) is 4.90 Å².